The first kappa shape index (κ1) is 13.4. The fourth-order valence-corrected chi connectivity index (χ4v) is 1.41. The Morgan fingerprint density at radius 2 is 2.36 bits per heavy atom. The Morgan fingerprint density at radius 1 is 1.79 bits per heavy atom. The Labute approximate surface area is 86.1 Å². The van der Waals surface area contributed by atoms with Crippen LogP contribution in [-0.2, 0) is 9.09 Å². The van der Waals surface area contributed by atoms with Crippen LogP contribution in [-0.4, -0.2) is 11.5 Å². The van der Waals surface area contributed by atoms with E-state index in [4.69, 9.17) is 15.8 Å². The Hall–Kier alpha value is -0.550. The van der Waals surface area contributed by atoms with Crippen LogP contribution in [0.3, 0.4) is 0 Å². The molecule has 14 heavy (non-hydrogen) atoms. The van der Waals surface area contributed by atoms with Gasteiger partial charge in [0, 0.05) is 11.3 Å². The van der Waals surface area contributed by atoms with Crippen molar-refractivity contribution in [2.75, 3.05) is 6.61 Å². The third kappa shape index (κ3) is 4.62. The Morgan fingerprint density at radius 3 is 2.71 bits per heavy atom. The Bertz CT molecular complexity index is 253. The summed E-state index contributed by atoms with van der Waals surface area (Å²) in [7, 11) is -2.87. The minimum Gasteiger partial charge on any atom is -0.326 e. The molecule has 0 fully saturated rings. The fraction of sp³-hybridized carbons (Fsp3) is 0.600. The molecule has 0 aliphatic carbocycles. The zero-order chi connectivity index (χ0) is 11.2. The topological polar surface area (TPSA) is 46.5 Å². The first-order chi connectivity index (χ1) is 6.44. The van der Waals surface area contributed by atoms with Crippen molar-refractivity contribution in [2.45, 2.75) is 20.3 Å². The van der Waals surface area contributed by atoms with Crippen LogP contribution in [0.4, 0.5) is 0 Å². The SMILES string of the molecule is C#CC(C)(C)C(CC=C)CO[PH](=O)O. The van der Waals surface area contributed by atoms with Crippen molar-refractivity contribution in [3.63, 3.8) is 0 Å². The maximum absolute atomic E-state index is 10.4. The van der Waals surface area contributed by atoms with E-state index in [1.807, 2.05) is 13.8 Å². The molecule has 2 unspecified atom stereocenters. The largest absolute Gasteiger partial charge is 0.326 e. The monoisotopic (exact) mass is 216 g/mol. The van der Waals surface area contributed by atoms with Crippen molar-refractivity contribution in [1.29, 1.82) is 0 Å². The molecule has 4 heteroatoms. The van der Waals surface area contributed by atoms with Crippen LogP contribution in [0.2, 0.25) is 0 Å². The second-order valence-electron chi connectivity index (χ2n) is 3.66. The van der Waals surface area contributed by atoms with Crippen molar-refractivity contribution in [1.82, 2.24) is 0 Å². The highest BCUT2D eigenvalue weighted by Crippen LogP contribution is 2.31. The van der Waals surface area contributed by atoms with Gasteiger partial charge in [0.1, 0.15) is 0 Å². The van der Waals surface area contributed by atoms with Crippen LogP contribution in [0.1, 0.15) is 20.3 Å². The first-order valence-electron chi connectivity index (χ1n) is 4.38. The van der Waals surface area contributed by atoms with Crippen LogP contribution in [0.25, 0.3) is 0 Å². The van der Waals surface area contributed by atoms with Gasteiger partial charge in [0.25, 0.3) is 0 Å². The third-order valence-electron chi connectivity index (χ3n) is 2.25. The quantitative estimate of drug-likeness (QED) is 0.420. The van der Waals surface area contributed by atoms with Crippen LogP contribution in [0.15, 0.2) is 12.7 Å². The van der Waals surface area contributed by atoms with E-state index in [9.17, 15) is 4.57 Å². The minimum atomic E-state index is -2.87. The molecule has 80 valence electrons. The van der Waals surface area contributed by atoms with Gasteiger partial charge in [-0.1, -0.05) is 6.08 Å². The maximum Gasteiger partial charge on any atom is 0.316 e. The average molecular weight is 216 g/mol. The van der Waals surface area contributed by atoms with Crippen LogP contribution in [0.5, 0.6) is 0 Å². The van der Waals surface area contributed by atoms with E-state index in [0.717, 1.165) is 0 Å². The molecule has 0 saturated carbocycles. The lowest BCUT2D eigenvalue weighted by atomic mass is 9.78. The van der Waals surface area contributed by atoms with Crippen LogP contribution >= 0.6 is 8.25 Å². The molecule has 0 aromatic heterocycles. The third-order valence-corrected chi connectivity index (χ3v) is 2.67. The number of terminal acetylenes is 1. The molecule has 0 spiro atoms. The summed E-state index contributed by atoms with van der Waals surface area (Å²) in [6.07, 6.45) is 7.78. The molecule has 0 aliphatic heterocycles. The van der Waals surface area contributed by atoms with Gasteiger partial charge in [-0.15, -0.1) is 18.9 Å². The predicted molar refractivity (Wildman–Crippen MR) is 58.1 cm³/mol. The fourth-order valence-electron chi connectivity index (χ4n) is 1.06. The van der Waals surface area contributed by atoms with E-state index in [1.54, 1.807) is 6.08 Å². The van der Waals surface area contributed by atoms with Gasteiger partial charge in [-0.3, -0.25) is 4.57 Å². The van der Waals surface area contributed by atoms with E-state index in [-0.39, 0.29) is 17.9 Å². The second kappa shape index (κ2) is 6.03. The lowest BCUT2D eigenvalue weighted by Crippen LogP contribution is -2.25. The summed E-state index contributed by atoms with van der Waals surface area (Å²) in [6.45, 7) is 7.61. The molecule has 0 heterocycles. The molecule has 0 amide bonds. The van der Waals surface area contributed by atoms with Gasteiger partial charge >= 0.3 is 8.25 Å². The van der Waals surface area contributed by atoms with Crippen LogP contribution in [0, 0.1) is 23.7 Å². The summed E-state index contributed by atoms with van der Waals surface area (Å²) in [5.41, 5.74) is -0.356. The van der Waals surface area contributed by atoms with Gasteiger partial charge in [-0.2, -0.15) is 0 Å². The van der Waals surface area contributed by atoms with E-state index in [0.29, 0.717) is 6.42 Å². The molecule has 0 rings (SSSR count). The van der Waals surface area contributed by atoms with E-state index < -0.39 is 8.25 Å². The molecular formula is C10H17O3P. The molecule has 0 bridgehead atoms. The van der Waals surface area contributed by atoms with Crippen molar-refractivity contribution in [3.05, 3.63) is 12.7 Å². The summed E-state index contributed by atoms with van der Waals surface area (Å²) in [6, 6.07) is 0. The van der Waals surface area contributed by atoms with Gasteiger partial charge in [0.05, 0.1) is 6.61 Å². The summed E-state index contributed by atoms with van der Waals surface area (Å²) < 4.78 is 15.1. The highest BCUT2D eigenvalue weighted by molar-refractivity contribution is 7.32. The van der Waals surface area contributed by atoms with Gasteiger partial charge in [-0.05, 0) is 20.3 Å². The van der Waals surface area contributed by atoms with Gasteiger partial charge in [0.15, 0.2) is 0 Å². The zero-order valence-corrected chi connectivity index (χ0v) is 9.62. The summed E-state index contributed by atoms with van der Waals surface area (Å²) in [5.74, 6) is 2.67. The molecule has 0 aliphatic rings. The second-order valence-corrected chi connectivity index (χ2v) is 4.48. The number of hydrogen-bond acceptors (Lipinski definition) is 2. The van der Waals surface area contributed by atoms with Crippen molar-refractivity contribution in [3.8, 4) is 12.3 Å². The van der Waals surface area contributed by atoms with E-state index >= 15 is 0 Å². The number of rotatable bonds is 6. The van der Waals surface area contributed by atoms with E-state index in [2.05, 4.69) is 12.5 Å². The summed E-state index contributed by atoms with van der Waals surface area (Å²) in [4.78, 5) is 8.55. The smallest absolute Gasteiger partial charge is 0.316 e. The molecule has 0 radical (unpaired) electrons. The number of hydrogen-bond donors (Lipinski definition) is 1. The number of allylic oxidation sites excluding steroid dienone is 1. The maximum atomic E-state index is 10.4. The molecule has 1 N–H and O–H groups in total. The van der Waals surface area contributed by atoms with Gasteiger partial charge in [0.2, 0.25) is 0 Å². The standard InChI is InChI=1S/C10H17O3P/c1-5-7-9(8-13-14(11)12)10(3,4)6-2/h2,5,9,14H,1,7-8H2,3-4H3,(H,11,12). The highest BCUT2D eigenvalue weighted by Gasteiger charge is 2.26. The zero-order valence-electron chi connectivity index (χ0n) is 8.62. The summed E-state index contributed by atoms with van der Waals surface area (Å²) >= 11 is 0. The van der Waals surface area contributed by atoms with Crippen molar-refractivity contribution in [2.24, 2.45) is 11.3 Å². The molecule has 0 aromatic rings. The Balaban J connectivity index is 4.37. The molecule has 0 saturated heterocycles. The van der Waals surface area contributed by atoms with Crippen molar-refractivity contribution < 1.29 is 14.0 Å². The van der Waals surface area contributed by atoms with Crippen molar-refractivity contribution >= 4 is 8.25 Å². The normalized spacial score (nSPS) is 15.6. The Kier molecular flexibility index (Phi) is 5.79. The summed E-state index contributed by atoms with van der Waals surface area (Å²) in [5, 5.41) is 0. The first-order valence-corrected chi connectivity index (χ1v) is 5.64. The lowest BCUT2D eigenvalue weighted by molar-refractivity contribution is 0.168. The lowest BCUT2D eigenvalue weighted by Gasteiger charge is -2.28. The average Bonchev–Trinajstić information content (AvgIpc) is 2.11. The molecule has 2 atom stereocenters. The minimum absolute atomic E-state index is 0.0195. The molecular weight excluding hydrogens is 199 g/mol. The predicted octanol–water partition coefficient (Wildman–Crippen LogP) is 2.24. The highest BCUT2D eigenvalue weighted by atomic mass is 31.1. The molecule has 0 aromatic carbocycles. The van der Waals surface area contributed by atoms with Crippen LogP contribution < -0.4 is 0 Å². The van der Waals surface area contributed by atoms with E-state index in [1.165, 1.54) is 0 Å². The molecule has 3 nitrogen and oxygen atoms in total. The van der Waals surface area contributed by atoms with Gasteiger partial charge in [-0.25, -0.2) is 0 Å². The van der Waals surface area contributed by atoms with Gasteiger partial charge < -0.3 is 9.42 Å².